The number of thioether (sulfide) groups is 1. The predicted molar refractivity (Wildman–Crippen MR) is 117 cm³/mol. The van der Waals surface area contributed by atoms with Gasteiger partial charge in [0.05, 0.1) is 5.75 Å². The van der Waals surface area contributed by atoms with Gasteiger partial charge in [-0.05, 0) is 60.5 Å². The van der Waals surface area contributed by atoms with Gasteiger partial charge in [0.25, 0.3) is 0 Å². The third kappa shape index (κ3) is 5.80. The third-order valence-electron chi connectivity index (χ3n) is 4.12. The molecule has 0 aliphatic carbocycles. The number of amides is 1. The Morgan fingerprint density at radius 2 is 2.07 bits per heavy atom. The number of hydrogen-bond acceptors (Lipinski definition) is 6. The largest absolute Gasteiger partial charge is 0.485 e. The van der Waals surface area contributed by atoms with E-state index in [0.29, 0.717) is 24.1 Å². The van der Waals surface area contributed by atoms with Crippen molar-refractivity contribution in [2.75, 3.05) is 11.1 Å². The predicted octanol–water partition coefficient (Wildman–Crippen LogP) is 4.38. The Kier molecular flexibility index (Phi) is 7.27. The summed E-state index contributed by atoms with van der Waals surface area (Å²) in [7, 11) is 0. The standard InChI is InChI=1S/C20H22BrN5O2S/c1-4-26-18(11-28-16-7-5-13(2)9-14(16)3)24-25-20(26)29-12-19(27)23-17-8-6-15(21)10-22-17/h5-10H,4,11-12H2,1-3H3,(H,22,23,27). The highest BCUT2D eigenvalue weighted by Crippen LogP contribution is 2.22. The SMILES string of the molecule is CCn1c(COc2ccc(C)cc2C)nnc1SCC(=O)Nc1ccc(Br)cn1. The van der Waals surface area contributed by atoms with Gasteiger partial charge in [-0.25, -0.2) is 4.98 Å². The molecule has 0 spiro atoms. The first kappa shape index (κ1) is 21.3. The van der Waals surface area contributed by atoms with Crippen molar-refractivity contribution < 1.29 is 9.53 Å². The van der Waals surface area contributed by atoms with Crippen LogP contribution in [0.2, 0.25) is 0 Å². The number of aromatic nitrogens is 4. The quantitative estimate of drug-likeness (QED) is 0.486. The van der Waals surface area contributed by atoms with E-state index < -0.39 is 0 Å². The second-order valence-corrected chi connectivity index (χ2v) is 8.26. The van der Waals surface area contributed by atoms with E-state index in [2.05, 4.69) is 49.4 Å². The van der Waals surface area contributed by atoms with Crippen molar-refractivity contribution in [3.05, 3.63) is 58.0 Å². The van der Waals surface area contributed by atoms with E-state index in [1.807, 2.05) is 36.6 Å². The number of hydrogen-bond donors (Lipinski definition) is 1. The van der Waals surface area contributed by atoms with Crippen molar-refractivity contribution in [1.29, 1.82) is 0 Å². The number of ether oxygens (including phenoxy) is 1. The first-order valence-electron chi connectivity index (χ1n) is 9.12. The fourth-order valence-corrected chi connectivity index (χ4v) is 3.77. The van der Waals surface area contributed by atoms with Crippen LogP contribution in [0.25, 0.3) is 0 Å². The van der Waals surface area contributed by atoms with Gasteiger partial charge < -0.3 is 14.6 Å². The van der Waals surface area contributed by atoms with Crippen LogP contribution < -0.4 is 10.1 Å². The summed E-state index contributed by atoms with van der Waals surface area (Å²) in [6, 6.07) is 9.63. The molecule has 0 saturated carbocycles. The Hall–Kier alpha value is -2.39. The van der Waals surface area contributed by atoms with Crippen molar-refractivity contribution in [3.8, 4) is 5.75 Å². The molecule has 1 amide bonds. The Morgan fingerprint density at radius 1 is 1.24 bits per heavy atom. The fourth-order valence-electron chi connectivity index (χ4n) is 2.71. The van der Waals surface area contributed by atoms with Crippen molar-refractivity contribution in [2.24, 2.45) is 0 Å². The zero-order chi connectivity index (χ0) is 20.8. The molecule has 29 heavy (non-hydrogen) atoms. The van der Waals surface area contributed by atoms with Crippen LogP contribution >= 0.6 is 27.7 Å². The minimum absolute atomic E-state index is 0.149. The van der Waals surface area contributed by atoms with Crippen LogP contribution in [0, 0.1) is 13.8 Å². The van der Waals surface area contributed by atoms with Crippen LogP contribution in [0.4, 0.5) is 5.82 Å². The summed E-state index contributed by atoms with van der Waals surface area (Å²) in [5.41, 5.74) is 2.28. The Bertz CT molecular complexity index is 991. The number of rotatable bonds is 8. The van der Waals surface area contributed by atoms with E-state index in [4.69, 9.17) is 4.74 Å². The number of nitrogens with one attached hydrogen (secondary N) is 1. The highest BCUT2D eigenvalue weighted by atomic mass is 79.9. The summed E-state index contributed by atoms with van der Waals surface area (Å²) >= 11 is 4.65. The van der Waals surface area contributed by atoms with Gasteiger partial charge in [0, 0.05) is 17.2 Å². The van der Waals surface area contributed by atoms with Gasteiger partial charge in [0.2, 0.25) is 5.91 Å². The van der Waals surface area contributed by atoms with Gasteiger partial charge >= 0.3 is 0 Å². The number of benzene rings is 1. The Balaban J connectivity index is 1.58. The molecule has 152 valence electrons. The summed E-state index contributed by atoms with van der Waals surface area (Å²) in [5.74, 6) is 2.14. The Morgan fingerprint density at radius 3 is 2.76 bits per heavy atom. The number of carbonyl (C=O) groups is 1. The maximum Gasteiger partial charge on any atom is 0.236 e. The number of halogens is 1. The average Bonchev–Trinajstić information content (AvgIpc) is 3.09. The molecule has 9 heteroatoms. The minimum atomic E-state index is -0.149. The molecule has 3 rings (SSSR count). The van der Waals surface area contributed by atoms with E-state index in [1.54, 1.807) is 12.3 Å². The van der Waals surface area contributed by atoms with E-state index in [-0.39, 0.29) is 11.7 Å². The third-order valence-corrected chi connectivity index (χ3v) is 5.56. The molecule has 2 heterocycles. The fraction of sp³-hybridized carbons (Fsp3) is 0.300. The van der Waals surface area contributed by atoms with Gasteiger partial charge in [0.1, 0.15) is 18.2 Å². The summed E-state index contributed by atoms with van der Waals surface area (Å²) in [6.07, 6.45) is 1.64. The summed E-state index contributed by atoms with van der Waals surface area (Å²) in [6.45, 7) is 7.10. The lowest BCUT2D eigenvalue weighted by Crippen LogP contribution is -2.15. The van der Waals surface area contributed by atoms with Gasteiger partial charge in [0.15, 0.2) is 11.0 Å². The van der Waals surface area contributed by atoms with Crippen LogP contribution in [-0.2, 0) is 17.9 Å². The van der Waals surface area contributed by atoms with E-state index in [1.165, 1.54) is 17.3 Å². The maximum atomic E-state index is 12.2. The minimum Gasteiger partial charge on any atom is -0.485 e. The zero-order valence-electron chi connectivity index (χ0n) is 16.5. The molecule has 0 bridgehead atoms. The molecule has 7 nitrogen and oxygen atoms in total. The van der Waals surface area contributed by atoms with Gasteiger partial charge in [-0.1, -0.05) is 29.5 Å². The lowest BCUT2D eigenvalue weighted by Gasteiger charge is -2.11. The van der Waals surface area contributed by atoms with E-state index in [0.717, 1.165) is 21.6 Å². The topological polar surface area (TPSA) is 81.9 Å². The number of carbonyl (C=O) groups excluding carboxylic acids is 1. The second kappa shape index (κ2) is 9.89. The molecule has 0 fully saturated rings. The van der Waals surface area contributed by atoms with E-state index in [9.17, 15) is 4.79 Å². The van der Waals surface area contributed by atoms with Gasteiger partial charge in [-0.2, -0.15) is 0 Å². The highest BCUT2D eigenvalue weighted by molar-refractivity contribution is 9.10. The smallest absolute Gasteiger partial charge is 0.236 e. The summed E-state index contributed by atoms with van der Waals surface area (Å²) < 4.78 is 8.74. The van der Waals surface area contributed by atoms with Crippen LogP contribution in [0.1, 0.15) is 23.9 Å². The monoisotopic (exact) mass is 475 g/mol. The zero-order valence-corrected chi connectivity index (χ0v) is 18.9. The first-order valence-corrected chi connectivity index (χ1v) is 10.9. The molecule has 1 aromatic carbocycles. The summed E-state index contributed by atoms with van der Waals surface area (Å²) in [5, 5.41) is 11.9. The van der Waals surface area contributed by atoms with Crippen molar-refractivity contribution in [1.82, 2.24) is 19.7 Å². The highest BCUT2D eigenvalue weighted by Gasteiger charge is 2.14. The Labute approximate surface area is 182 Å². The summed E-state index contributed by atoms with van der Waals surface area (Å²) in [4.78, 5) is 16.3. The first-order chi connectivity index (χ1) is 14.0. The van der Waals surface area contributed by atoms with Crippen molar-refractivity contribution >= 4 is 39.4 Å². The maximum absolute atomic E-state index is 12.2. The van der Waals surface area contributed by atoms with Crippen molar-refractivity contribution in [2.45, 2.75) is 39.1 Å². The van der Waals surface area contributed by atoms with E-state index >= 15 is 0 Å². The second-order valence-electron chi connectivity index (χ2n) is 6.40. The molecular formula is C20H22BrN5O2S. The van der Waals surface area contributed by atoms with Gasteiger partial charge in [-0.15, -0.1) is 10.2 Å². The molecule has 0 aliphatic rings. The van der Waals surface area contributed by atoms with Crippen LogP contribution in [0.15, 0.2) is 46.2 Å². The van der Waals surface area contributed by atoms with Crippen LogP contribution in [0.3, 0.4) is 0 Å². The lowest BCUT2D eigenvalue weighted by atomic mass is 10.1. The number of anilines is 1. The molecule has 1 N–H and O–H groups in total. The molecule has 0 atom stereocenters. The number of aryl methyl sites for hydroxylation is 2. The average molecular weight is 476 g/mol. The normalized spacial score (nSPS) is 10.8. The molecule has 3 aromatic rings. The molecule has 2 aromatic heterocycles. The molecule has 0 unspecified atom stereocenters. The van der Waals surface area contributed by atoms with Gasteiger partial charge in [-0.3, -0.25) is 4.79 Å². The van der Waals surface area contributed by atoms with Crippen LogP contribution in [-0.4, -0.2) is 31.4 Å². The molecule has 0 radical (unpaired) electrons. The number of pyridine rings is 1. The number of nitrogens with zero attached hydrogens (tertiary/aromatic N) is 4. The molecule has 0 saturated heterocycles. The molecular weight excluding hydrogens is 454 g/mol. The van der Waals surface area contributed by atoms with Crippen molar-refractivity contribution in [3.63, 3.8) is 0 Å². The molecule has 0 aliphatic heterocycles. The van der Waals surface area contributed by atoms with Crippen LogP contribution in [0.5, 0.6) is 5.75 Å². The lowest BCUT2D eigenvalue weighted by molar-refractivity contribution is -0.113.